The van der Waals surface area contributed by atoms with Gasteiger partial charge in [0.2, 0.25) is 0 Å². The molecule has 0 aliphatic carbocycles. The lowest BCUT2D eigenvalue weighted by atomic mass is 10.0. The summed E-state index contributed by atoms with van der Waals surface area (Å²) in [5, 5.41) is 2.50. The zero-order chi connectivity index (χ0) is 8.55. The van der Waals surface area contributed by atoms with Crippen LogP contribution in [0, 0.1) is 0 Å². The topological polar surface area (TPSA) is 29.1 Å². The maximum Gasteiger partial charge on any atom is 0.259 e. The van der Waals surface area contributed by atoms with Crippen LogP contribution >= 0.6 is 0 Å². The standard InChI is InChI=1S/C9H8FNO/c10-7-5-6-3-1-2-4-8(6)11-9(7)12/h1-4,7H,5H2,(H,11,12). The Balaban J connectivity index is 2.40. The lowest BCUT2D eigenvalue weighted by Crippen LogP contribution is -2.30. The SMILES string of the molecule is O=C1Nc2ccccc2CC1F. The minimum absolute atomic E-state index is 0.196. The average molecular weight is 165 g/mol. The normalized spacial score (nSPS) is 21.4. The third-order valence-electron chi connectivity index (χ3n) is 1.96. The van der Waals surface area contributed by atoms with E-state index < -0.39 is 12.1 Å². The number of amides is 1. The molecule has 1 heterocycles. The number of carbonyl (C=O) groups excluding carboxylic acids is 1. The van der Waals surface area contributed by atoms with Crippen LogP contribution in [0.2, 0.25) is 0 Å². The molecule has 0 aromatic heterocycles. The summed E-state index contributed by atoms with van der Waals surface area (Å²) in [6, 6.07) is 7.25. The Bertz CT molecular complexity index is 324. The van der Waals surface area contributed by atoms with E-state index in [9.17, 15) is 9.18 Å². The monoisotopic (exact) mass is 165 g/mol. The summed E-state index contributed by atoms with van der Waals surface area (Å²) in [4.78, 5) is 10.9. The summed E-state index contributed by atoms with van der Waals surface area (Å²) < 4.78 is 12.8. The van der Waals surface area contributed by atoms with Crippen molar-refractivity contribution in [2.75, 3.05) is 5.32 Å². The van der Waals surface area contributed by atoms with E-state index in [1.54, 1.807) is 6.07 Å². The van der Waals surface area contributed by atoms with Crippen molar-refractivity contribution in [3.63, 3.8) is 0 Å². The van der Waals surface area contributed by atoms with E-state index in [-0.39, 0.29) is 6.42 Å². The molecule has 0 spiro atoms. The number of hydrogen-bond donors (Lipinski definition) is 1. The molecule has 1 amide bonds. The molecule has 0 radical (unpaired) electrons. The predicted octanol–water partition coefficient (Wildman–Crippen LogP) is 1.52. The first-order chi connectivity index (χ1) is 5.77. The number of benzene rings is 1. The lowest BCUT2D eigenvalue weighted by Gasteiger charge is -2.18. The van der Waals surface area contributed by atoms with Crippen molar-refractivity contribution in [1.29, 1.82) is 0 Å². The zero-order valence-corrected chi connectivity index (χ0v) is 6.38. The van der Waals surface area contributed by atoms with E-state index in [0.717, 1.165) is 11.3 Å². The molecule has 62 valence electrons. The summed E-state index contributed by atoms with van der Waals surface area (Å²) in [6.45, 7) is 0. The molecule has 0 saturated carbocycles. The first-order valence-electron chi connectivity index (χ1n) is 3.80. The van der Waals surface area contributed by atoms with Crippen LogP contribution in [-0.4, -0.2) is 12.1 Å². The highest BCUT2D eigenvalue weighted by Crippen LogP contribution is 2.22. The van der Waals surface area contributed by atoms with Gasteiger partial charge in [-0.3, -0.25) is 4.79 Å². The second-order valence-electron chi connectivity index (χ2n) is 2.82. The van der Waals surface area contributed by atoms with E-state index in [2.05, 4.69) is 5.32 Å². The van der Waals surface area contributed by atoms with E-state index >= 15 is 0 Å². The van der Waals surface area contributed by atoms with Gasteiger partial charge < -0.3 is 5.32 Å². The van der Waals surface area contributed by atoms with Crippen molar-refractivity contribution in [1.82, 2.24) is 0 Å². The molecule has 1 aliphatic heterocycles. The van der Waals surface area contributed by atoms with Crippen LogP contribution in [0.15, 0.2) is 24.3 Å². The summed E-state index contributed by atoms with van der Waals surface area (Å²) in [6.07, 6.45) is -1.19. The van der Waals surface area contributed by atoms with Crippen LogP contribution in [-0.2, 0) is 11.2 Å². The number of anilines is 1. The second kappa shape index (κ2) is 2.59. The van der Waals surface area contributed by atoms with Gasteiger partial charge in [-0.25, -0.2) is 4.39 Å². The molecular formula is C9H8FNO. The van der Waals surface area contributed by atoms with E-state index in [1.807, 2.05) is 18.2 Å². The Labute approximate surface area is 69.4 Å². The first-order valence-corrected chi connectivity index (χ1v) is 3.80. The minimum Gasteiger partial charge on any atom is -0.323 e. The van der Waals surface area contributed by atoms with Crippen molar-refractivity contribution in [3.05, 3.63) is 29.8 Å². The smallest absolute Gasteiger partial charge is 0.259 e. The molecule has 3 heteroatoms. The van der Waals surface area contributed by atoms with Gasteiger partial charge in [0.05, 0.1) is 0 Å². The maximum atomic E-state index is 12.8. The van der Waals surface area contributed by atoms with Gasteiger partial charge in [0, 0.05) is 12.1 Å². The number of nitrogens with one attached hydrogen (secondary N) is 1. The Morgan fingerprint density at radius 1 is 1.42 bits per heavy atom. The highest BCUT2D eigenvalue weighted by Gasteiger charge is 2.24. The third kappa shape index (κ3) is 1.07. The number of carbonyl (C=O) groups is 1. The number of hydrogen-bond acceptors (Lipinski definition) is 1. The van der Waals surface area contributed by atoms with Crippen molar-refractivity contribution >= 4 is 11.6 Å². The minimum atomic E-state index is -1.39. The van der Waals surface area contributed by atoms with Gasteiger partial charge in [0.1, 0.15) is 0 Å². The van der Waals surface area contributed by atoms with Crippen LogP contribution in [0.1, 0.15) is 5.56 Å². The Morgan fingerprint density at radius 3 is 3.00 bits per heavy atom. The molecule has 1 aromatic carbocycles. The fourth-order valence-corrected chi connectivity index (χ4v) is 1.32. The Hall–Kier alpha value is -1.38. The van der Waals surface area contributed by atoms with Gasteiger partial charge >= 0.3 is 0 Å². The van der Waals surface area contributed by atoms with Gasteiger partial charge in [-0.1, -0.05) is 18.2 Å². The lowest BCUT2D eigenvalue weighted by molar-refractivity contribution is -0.121. The molecule has 12 heavy (non-hydrogen) atoms. The molecule has 1 aromatic rings. The van der Waals surface area contributed by atoms with E-state index in [4.69, 9.17) is 0 Å². The number of fused-ring (bicyclic) bond motifs is 1. The highest BCUT2D eigenvalue weighted by atomic mass is 19.1. The number of alkyl halides is 1. The van der Waals surface area contributed by atoms with E-state index in [1.165, 1.54) is 0 Å². The molecule has 1 aliphatic rings. The molecule has 1 atom stereocenters. The first kappa shape index (κ1) is 7.28. The summed E-state index contributed by atoms with van der Waals surface area (Å²) in [5.41, 5.74) is 1.60. The van der Waals surface area contributed by atoms with Gasteiger partial charge in [0.25, 0.3) is 5.91 Å². The Morgan fingerprint density at radius 2 is 2.17 bits per heavy atom. The molecule has 2 nitrogen and oxygen atoms in total. The third-order valence-corrected chi connectivity index (χ3v) is 1.96. The fourth-order valence-electron chi connectivity index (χ4n) is 1.32. The number of para-hydroxylation sites is 1. The van der Waals surface area contributed by atoms with Crippen molar-refractivity contribution in [2.24, 2.45) is 0 Å². The number of rotatable bonds is 0. The molecule has 1 unspecified atom stereocenters. The Kier molecular flexibility index (Phi) is 1.57. The van der Waals surface area contributed by atoms with Gasteiger partial charge in [-0.05, 0) is 11.6 Å². The van der Waals surface area contributed by atoms with Crippen LogP contribution in [0.5, 0.6) is 0 Å². The van der Waals surface area contributed by atoms with Crippen molar-refractivity contribution in [3.8, 4) is 0 Å². The van der Waals surface area contributed by atoms with Crippen molar-refractivity contribution < 1.29 is 9.18 Å². The molecule has 1 N–H and O–H groups in total. The van der Waals surface area contributed by atoms with Crippen LogP contribution in [0.25, 0.3) is 0 Å². The zero-order valence-electron chi connectivity index (χ0n) is 6.38. The highest BCUT2D eigenvalue weighted by molar-refractivity contribution is 5.97. The van der Waals surface area contributed by atoms with Crippen LogP contribution in [0.3, 0.4) is 0 Å². The average Bonchev–Trinajstić information content (AvgIpc) is 2.07. The van der Waals surface area contributed by atoms with Gasteiger partial charge in [-0.15, -0.1) is 0 Å². The van der Waals surface area contributed by atoms with Crippen LogP contribution < -0.4 is 5.32 Å². The maximum absolute atomic E-state index is 12.8. The molecule has 0 bridgehead atoms. The van der Waals surface area contributed by atoms with Gasteiger partial charge in [-0.2, -0.15) is 0 Å². The van der Waals surface area contributed by atoms with Gasteiger partial charge in [0.15, 0.2) is 6.17 Å². The predicted molar refractivity (Wildman–Crippen MR) is 43.7 cm³/mol. The molecule has 2 rings (SSSR count). The molecule has 0 saturated heterocycles. The summed E-state index contributed by atoms with van der Waals surface area (Å²) >= 11 is 0. The van der Waals surface area contributed by atoms with E-state index in [0.29, 0.717) is 0 Å². The fraction of sp³-hybridized carbons (Fsp3) is 0.222. The summed E-state index contributed by atoms with van der Waals surface area (Å²) in [7, 11) is 0. The quantitative estimate of drug-likeness (QED) is 0.620. The van der Waals surface area contributed by atoms with Crippen LogP contribution in [0.4, 0.5) is 10.1 Å². The number of halogens is 1. The molecular weight excluding hydrogens is 157 g/mol. The van der Waals surface area contributed by atoms with Crippen molar-refractivity contribution in [2.45, 2.75) is 12.6 Å². The summed E-state index contributed by atoms with van der Waals surface area (Å²) in [5.74, 6) is -0.534. The molecule has 0 fully saturated rings. The second-order valence-corrected chi connectivity index (χ2v) is 2.82. The largest absolute Gasteiger partial charge is 0.323 e.